The Morgan fingerprint density at radius 3 is 2.65 bits per heavy atom. The maximum atomic E-state index is 12.4. The average Bonchev–Trinajstić information content (AvgIpc) is 2.36. The van der Waals surface area contributed by atoms with E-state index in [0.29, 0.717) is 14.6 Å². The molecule has 0 radical (unpaired) electrons. The minimum absolute atomic E-state index is 0.0514. The molecule has 1 heterocycles. The fourth-order valence-electron chi connectivity index (χ4n) is 1.56. The summed E-state index contributed by atoms with van der Waals surface area (Å²) in [7, 11) is -3.80. The Labute approximate surface area is 133 Å². The van der Waals surface area contributed by atoms with Gasteiger partial charge in [0.2, 0.25) is 0 Å². The molecule has 0 saturated heterocycles. The number of nitrogens with zero attached hydrogens (tertiary/aromatic N) is 1. The average molecular weight is 421 g/mol. The molecular formula is C12H11Br2N3O2S. The first-order valence-corrected chi connectivity index (χ1v) is 8.56. The summed E-state index contributed by atoms with van der Waals surface area (Å²) < 4.78 is 28.4. The highest BCUT2D eigenvalue weighted by atomic mass is 79.9. The summed E-state index contributed by atoms with van der Waals surface area (Å²) in [5, 5.41) is 0. The standard InChI is InChI=1S/C12H11Br2N3O2S/c1-7-2-3-9(14)10(4-7)17-20(18,19)11-5-8(13)6-16-12(11)15/h2-6,17H,1H3,(H2,15,16). The molecule has 2 aromatic rings. The van der Waals surface area contributed by atoms with Crippen LogP contribution in [0, 0.1) is 6.92 Å². The van der Waals surface area contributed by atoms with Gasteiger partial charge in [-0.05, 0) is 62.5 Å². The van der Waals surface area contributed by atoms with Gasteiger partial charge in [0.25, 0.3) is 10.0 Å². The SMILES string of the molecule is Cc1ccc(Br)c(NS(=O)(=O)c2cc(Br)cnc2N)c1. The van der Waals surface area contributed by atoms with Crippen molar-refractivity contribution in [3.8, 4) is 0 Å². The molecule has 0 saturated carbocycles. The maximum absolute atomic E-state index is 12.4. The van der Waals surface area contributed by atoms with E-state index in [9.17, 15) is 8.42 Å². The predicted octanol–water partition coefficient (Wildman–Crippen LogP) is 3.30. The van der Waals surface area contributed by atoms with Crippen LogP contribution >= 0.6 is 31.9 Å². The van der Waals surface area contributed by atoms with Crippen molar-refractivity contribution < 1.29 is 8.42 Å². The smallest absolute Gasteiger partial charge is 0.265 e. The molecule has 106 valence electrons. The van der Waals surface area contributed by atoms with Crippen molar-refractivity contribution in [1.29, 1.82) is 0 Å². The number of benzene rings is 1. The molecule has 0 bridgehead atoms. The zero-order chi connectivity index (χ0) is 14.9. The number of hydrogen-bond acceptors (Lipinski definition) is 4. The fourth-order valence-corrected chi connectivity index (χ4v) is 3.70. The molecular weight excluding hydrogens is 410 g/mol. The fraction of sp³-hybridized carbons (Fsp3) is 0.0833. The van der Waals surface area contributed by atoms with Gasteiger partial charge < -0.3 is 5.73 Å². The third-order valence-corrected chi connectivity index (χ3v) is 5.02. The van der Waals surface area contributed by atoms with Crippen LogP contribution in [0.1, 0.15) is 5.56 Å². The summed E-state index contributed by atoms with van der Waals surface area (Å²) in [5.74, 6) is -0.0514. The van der Waals surface area contributed by atoms with Crippen molar-refractivity contribution in [3.05, 3.63) is 45.0 Å². The predicted molar refractivity (Wildman–Crippen MR) is 86.0 cm³/mol. The van der Waals surface area contributed by atoms with Gasteiger partial charge >= 0.3 is 0 Å². The van der Waals surface area contributed by atoms with E-state index < -0.39 is 10.0 Å². The third kappa shape index (κ3) is 3.31. The Balaban J connectivity index is 2.46. The van der Waals surface area contributed by atoms with Gasteiger partial charge in [0.1, 0.15) is 10.7 Å². The molecule has 0 aliphatic rings. The van der Waals surface area contributed by atoms with Crippen LogP contribution in [0.5, 0.6) is 0 Å². The molecule has 20 heavy (non-hydrogen) atoms. The third-order valence-electron chi connectivity index (χ3n) is 2.50. The lowest BCUT2D eigenvalue weighted by Gasteiger charge is -2.12. The highest BCUT2D eigenvalue weighted by molar-refractivity contribution is 9.10. The molecule has 2 rings (SSSR count). The van der Waals surface area contributed by atoms with Crippen LogP contribution in [-0.2, 0) is 10.0 Å². The number of hydrogen-bond donors (Lipinski definition) is 2. The summed E-state index contributed by atoms with van der Waals surface area (Å²) in [6.07, 6.45) is 1.44. The number of rotatable bonds is 3. The Bertz CT molecular complexity index is 763. The van der Waals surface area contributed by atoms with Crippen LogP contribution < -0.4 is 10.5 Å². The van der Waals surface area contributed by atoms with E-state index in [2.05, 4.69) is 41.6 Å². The van der Waals surface area contributed by atoms with Crippen molar-refractivity contribution in [2.75, 3.05) is 10.5 Å². The van der Waals surface area contributed by atoms with E-state index in [1.165, 1.54) is 12.3 Å². The van der Waals surface area contributed by atoms with Crippen molar-refractivity contribution in [1.82, 2.24) is 4.98 Å². The van der Waals surface area contributed by atoms with Crippen molar-refractivity contribution in [2.24, 2.45) is 0 Å². The summed E-state index contributed by atoms with van der Waals surface area (Å²) in [4.78, 5) is 3.76. The number of pyridine rings is 1. The second-order valence-corrected chi connectivity index (χ2v) is 7.55. The first kappa shape index (κ1) is 15.3. The Kier molecular flexibility index (Phi) is 4.36. The molecule has 0 spiro atoms. The normalized spacial score (nSPS) is 11.3. The van der Waals surface area contributed by atoms with Gasteiger partial charge in [-0.2, -0.15) is 0 Å². The van der Waals surface area contributed by atoms with Crippen LogP contribution in [0.25, 0.3) is 0 Å². The molecule has 8 heteroatoms. The first-order chi connectivity index (χ1) is 9.29. The van der Waals surface area contributed by atoms with Gasteiger partial charge in [-0.25, -0.2) is 13.4 Å². The van der Waals surface area contributed by atoms with Gasteiger partial charge in [0.05, 0.1) is 5.69 Å². The zero-order valence-electron chi connectivity index (χ0n) is 10.4. The Hall–Kier alpha value is -1.12. The summed E-state index contributed by atoms with van der Waals surface area (Å²) in [6.45, 7) is 1.87. The number of aryl methyl sites for hydroxylation is 1. The number of sulfonamides is 1. The van der Waals surface area contributed by atoms with Crippen LogP contribution in [0.15, 0.2) is 44.3 Å². The first-order valence-electron chi connectivity index (χ1n) is 5.49. The number of nitrogens with two attached hydrogens (primary N) is 1. The number of anilines is 2. The molecule has 5 nitrogen and oxygen atoms in total. The quantitative estimate of drug-likeness (QED) is 0.797. The number of aromatic nitrogens is 1. The van der Waals surface area contributed by atoms with Crippen molar-refractivity contribution in [2.45, 2.75) is 11.8 Å². The topological polar surface area (TPSA) is 85.1 Å². The van der Waals surface area contributed by atoms with Gasteiger partial charge in [0.15, 0.2) is 0 Å². The lowest BCUT2D eigenvalue weighted by molar-refractivity contribution is 0.601. The highest BCUT2D eigenvalue weighted by Gasteiger charge is 2.20. The maximum Gasteiger partial charge on any atom is 0.265 e. The van der Waals surface area contributed by atoms with Crippen LogP contribution in [0.2, 0.25) is 0 Å². The molecule has 0 amide bonds. The Morgan fingerprint density at radius 2 is 1.95 bits per heavy atom. The molecule has 1 aromatic heterocycles. The van der Waals surface area contributed by atoms with Gasteiger partial charge in [0, 0.05) is 15.1 Å². The molecule has 0 atom stereocenters. The monoisotopic (exact) mass is 419 g/mol. The van der Waals surface area contributed by atoms with E-state index in [0.717, 1.165) is 5.56 Å². The number of nitrogens with one attached hydrogen (secondary N) is 1. The number of halogens is 2. The molecule has 1 aromatic carbocycles. The van der Waals surface area contributed by atoms with E-state index in [1.54, 1.807) is 12.1 Å². The van der Waals surface area contributed by atoms with Crippen LogP contribution in [-0.4, -0.2) is 13.4 Å². The number of nitrogen functional groups attached to an aromatic ring is 1. The highest BCUT2D eigenvalue weighted by Crippen LogP contribution is 2.28. The zero-order valence-corrected chi connectivity index (χ0v) is 14.4. The molecule has 3 N–H and O–H groups in total. The summed E-state index contributed by atoms with van der Waals surface area (Å²) >= 11 is 6.49. The van der Waals surface area contributed by atoms with E-state index in [1.807, 2.05) is 13.0 Å². The van der Waals surface area contributed by atoms with E-state index >= 15 is 0 Å². The van der Waals surface area contributed by atoms with Crippen LogP contribution in [0.4, 0.5) is 11.5 Å². The largest absolute Gasteiger partial charge is 0.383 e. The molecule has 0 aliphatic heterocycles. The van der Waals surface area contributed by atoms with Gasteiger partial charge in [-0.1, -0.05) is 6.07 Å². The molecule has 0 fully saturated rings. The molecule has 0 aliphatic carbocycles. The summed E-state index contributed by atoms with van der Waals surface area (Å²) in [5.41, 5.74) is 7.02. The summed E-state index contributed by atoms with van der Waals surface area (Å²) in [6, 6.07) is 6.78. The van der Waals surface area contributed by atoms with Crippen molar-refractivity contribution in [3.63, 3.8) is 0 Å². The van der Waals surface area contributed by atoms with Crippen LogP contribution in [0.3, 0.4) is 0 Å². The van der Waals surface area contributed by atoms with E-state index in [4.69, 9.17) is 5.73 Å². The Morgan fingerprint density at radius 1 is 1.25 bits per heavy atom. The van der Waals surface area contributed by atoms with Crippen molar-refractivity contribution >= 4 is 53.4 Å². The van der Waals surface area contributed by atoms with Gasteiger partial charge in [-0.15, -0.1) is 0 Å². The van der Waals surface area contributed by atoms with Gasteiger partial charge in [-0.3, -0.25) is 4.72 Å². The second-order valence-electron chi connectivity index (χ2n) is 4.13. The van der Waals surface area contributed by atoms with E-state index in [-0.39, 0.29) is 10.7 Å². The second kappa shape index (κ2) is 5.71. The minimum Gasteiger partial charge on any atom is -0.383 e. The lowest BCUT2D eigenvalue weighted by atomic mass is 10.2. The molecule has 0 unspecified atom stereocenters. The minimum atomic E-state index is -3.80. The lowest BCUT2D eigenvalue weighted by Crippen LogP contribution is -2.16.